The maximum atomic E-state index is 13.2. The van der Waals surface area contributed by atoms with Crippen molar-refractivity contribution in [3.8, 4) is 0 Å². The number of ether oxygens (including phenoxy) is 1. The largest absolute Gasteiger partial charge is 0.423 e. The molecule has 1 aliphatic rings. The van der Waals surface area contributed by atoms with E-state index in [1.807, 2.05) is 0 Å². The Balaban J connectivity index is 1.45. The van der Waals surface area contributed by atoms with Crippen molar-refractivity contribution in [2.75, 3.05) is 39.2 Å². The molecule has 0 spiro atoms. The van der Waals surface area contributed by atoms with E-state index in [1.54, 1.807) is 13.2 Å². The van der Waals surface area contributed by atoms with Gasteiger partial charge in [-0.05, 0) is 43.7 Å². The standard InChI is InChI=1S/C18H27FN4O4S/c1-23(9-10-26-2)28(24,25)20-12-13-3-6-15(7-4-13)21-18-22-16-8-5-14(19)11-17(16)27-18/h5,8,11,13,15,20H,3-4,6-7,9-10,12H2,1-2H3,(H,21,22). The fourth-order valence-electron chi connectivity index (χ4n) is 3.32. The topological polar surface area (TPSA) is 96.7 Å². The van der Waals surface area contributed by atoms with Crippen LogP contribution in [0.3, 0.4) is 0 Å². The monoisotopic (exact) mass is 414 g/mol. The van der Waals surface area contributed by atoms with E-state index in [0.717, 1.165) is 25.7 Å². The highest BCUT2D eigenvalue weighted by atomic mass is 32.2. The Hall–Kier alpha value is -1.75. The van der Waals surface area contributed by atoms with E-state index in [9.17, 15) is 12.8 Å². The molecule has 28 heavy (non-hydrogen) atoms. The lowest BCUT2D eigenvalue weighted by molar-refractivity contribution is 0.184. The highest BCUT2D eigenvalue weighted by Gasteiger charge is 2.25. The number of hydrogen-bond donors (Lipinski definition) is 2. The van der Waals surface area contributed by atoms with Crippen molar-refractivity contribution < 1.29 is 22.0 Å². The molecule has 0 unspecified atom stereocenters. The van der Waals surface area contributed by atoms with Gasteiger partial charge in [-0.2, -0.15) is 17.7 Å². The zero-order valence-corrected chi connectivity index (χ0v) is 17.0. The molecule has 156 valence electrons. The minimum absolute atomic E-state index is 0.204. The third kappa shape index (κ3) is 5.40. The van der Waals surface area contributed by atoms with Gasteiger partial charge >= 0.3 is 0 Å². The molecule has 2 N–H and O–H groups in total. The van der Waals surface area contributed by atoms with Crippen molar-refractivity contribution >= 4 is 27.3 Å². The average molecular weight is 415 g/mol. The number of fused-ring (bicyclic) bond motifs is 1. The smallest absolute Gasteiger partial charge is 0.295 e. The third-order valence-electron chi connectivity index (χ3n) is 5.10. The summed E-state index contributed by atoms with van der Waals surface area (Å²) in [5, 5.41) is 3.26. The van der Waals surface area contributed by atoms with Gasteiger partial charge in [0, 0.05) is 39.4 Å². The summed E-state index contributed by atoms with van der Waals surface area (Å²) in [4.78, 5) is 4.33. The van der Waals surface area contributed by atoms with Crippen molar-refractivity contribution in [2.45, 2.75) is 31.7 Å². The molecule has 1 aliphatic carbocycles. The van der Waals surface area contributed by atoms with Gasteiger partial charge in [-0.15, -0.1) is 0 Å². The number of hydrogen-bond acceptors (Lipinski definition) is 6. The molecule has 0 atom stereocenters. The van der Waals surface area contributed by atoms with Crippen molar-refractivity contribution in [1.29, 1.82) is 0 Å². The van der Waals surface area contributed by atoms with Gasteiger partial charge in [0.2, 0.25) is 0 Å². The fourth-order valence-corrected chi connectivity index (χ4v) is 4.30. The highest BCUT2D eigenvalue weighted by Crippen LogP contribution is 2.27. The molecular formula is C18H27FN4O4S. The molecule has 1 heterocycles. The maximum absolute atomic E-state index is 13.2. The molecule has 1 fully saturated rings. The summed E-state index contributed by atoms with van der Waals surface area (Å²) in [5.41, 5.74) is 1.03. The molecule has 0 bridgehead atoms. The summed E-state index contributed by atoms with van der Waals surface area (Å²) < 4.78 is 52.1. The van der Waals surface area contributed by atoms with Crippen LogP contribution in [-0.2, 0) is 14.9 Å². The molecule has 1 saturated carbocycles. The maximum Gasteiger partial charge on any atom is 0.295 e. The van der Waals surface area contributed by atoms with Gasteiger partial charge < -0.3 is 14.5 Å². The fraction of sp³-hybridized carbons (Fsp3) is 0.611. The molecule has 0 amide bonds. The first-order valence-electron chi connectivity index (χ1n) is 9.40. The van der Waals surface area contributed by atoms with Crippen LogP contribution in [-0.4, -0.2) is 57.6 Å². The number of aromatic nitrogens is 1. The lowest BCUT2D eigenvalue weighted by atomic mass is 9.86. The number of anilines is 1. The van der Waals surface area contributed by atoms with Crippen molar-refractivity contribution in [2.24, 2.45) is 5.92 Å². The van der Waals surface area contributed by atoms with Crippen LogP contribution < -0.4 is 10.0 Å². The average Bonchev–Trinajstić information content (AvgIpc) is 3.06. The van der Waals surface area contributed by atoms with Gasteiger partial charge in [-0.25, -0.2) is 9.11 Å². The van der Waals surface area contributed by atoms with Gasteiger partial charge in [0.05, 0.1) is 6.61 Å². The Kier molecular flexibility index (Phi) is 6.86. The van der Waals surface area contributed by atoms with Gasteiger partial charge in [0.1, 0.15) is 11.3 Å². The minimum Gasteiger partial charge on any atom is -0.423 e. The number of rotatable bonds is 9. The second-order valence-corrected chi connectivity index (χ2v) is 9.02. The number of likely N-dealkylation sites (N-methyl/N-ethyl adjacent to an activating group) is 1. The molecule has 0 aliphatic heterocycles. The summed E-state index contributed by atoms with van der Waals surface area (Å²) in [7, 11) is -0.403. The van der Waals surface area contributed by atoms with Gasteiger partial charge in [0.25, 0.3) is 16.2 Å². The van der Waals surface area contributed by atoms with Gasteiger partial charge in [0.15, 0.2) is 5.58 Å². The summed E-state index contributed by atoms with van der Waals surface area (Å²) in [6.07, 6.45) is 3.58. The molecule has 0 saturated heterocycles. The molecule has 3 rings (SSSR count). The van der Waals surface area contributed by atoms with Crippen molar-refractivity contribution in [1.82, 2.24) is 14.0 Å². The summed E-state index contributed by atoms with van der Waals surface area (Å²) >= 11 is 0. The molecule has 8 nitrogen and oxygen atoms in total. The molecular weight excluding hydrogens is 387 g/mol. The van der Waals surface area contributed by atoms with E-state index in [-0.39, 0.29) is 11.9 Å². The van der Waals surface area contributed by atoms with E-state index in [4.69, 9.17) is 9.15 Å². The SMILES string of the molecule is COCCN(C)S(=O)(=O)NCC1CCC(Nc2nc3ccc(F)cc3o2)CC1. The number of nitrogens with zero attached hydrogens (tertiary/aromatic N) is 2. The van der Waals surface area contributed by atoms with Crippen LogP contribution in [0.15, 0.2) is 22.6 Å². The first kappa shape index (κ1) is 21.0. The zero-order chi connectivity index (χ0) is 20.1. The van der Waals surface area contributed by atoms with E-state index < -0.39 is 10.2 Å². The van der Waals surface area contributed by atoms with Crippen LogP contribution in [0.4, 0.5) is 10.4 Å². The second-order valence-electron chi connectivity index (χ2n) is 7.16. The first-order valence-corrected chi connectivity index (χ1v) is 10.8. The second kappa shape index (κ2) is 9.17. The minimum atomic E-state index is -3.48. The Morgan fingerprint density at radius 1 is 1.32 bits per heavy atom. The van der Waals surface area contributed by atoms with Gasteiger partial charge in [-0.1, -0.05) is 0 Å². The Labute approximate surface area is 164 Å². The molecule has 1 aromatic heterocycles. The Morgan fingerprint density at radius 2 is 2.07 bits per heavy atom. The van der Waals surface area contributed by atoms with E-state index in [0.29, 0.717) is 42.7 Å². The van der Waals surface area contributed by atoms with Crippen LogP contribution in [0.1, 0.15) is 25.7 Å². The number of benzene rings is 1. The quantitative estimate of drug-likeness (QED) is 0.654. The first-order chi connectivity index (χ1) is 13.4. The lowest BCUT2D eigenvalue weighted by Crippen LogP contribution is -2.42. The van der Waals surface area contributed by atoms with Crippen molar-refractivity contribution in [3.63, 3.8) is 0 Å². The van der Waals surface area contributed by atoms with Crippen LogP contribution in [0.5, 0.6) is 0 Å². The molecule has 0 radical (unpaired) electrons. The Morgan fingerprint density at radius 3 is 2.79 bits per heavy atom. The Bertz CT molecular complexity index is 881. The predicted octanol–water partition coefficient (Wildman–Crippen LogP) is 2.35. The molecule has 2 aromatic rings. The number of halogens is 1. The third-order valence-corrected chi connectivity index (χ3v) is 6.63. The van der Waals surface area contributed by atoms with Crippen LogP contribution in [0.25, 0.3) is 11.1 Å². The van der Waals surface area contributed by atoms with Gasteiger partial charge in [-0.3, -0.25) is 0 Å². The van der Waals surface area contributed by atoms with Crippen molar-refractivity contribution in [3.05, 3.63) is 24.0 Å². The highest BCUT2D eigenvalue weighted by molar-refractivity contribution is 7.87. The van der Waals surface area contributed by atoms with Crippen LogP contribution in [0, 0.1) is 11.7 Å². The number of oxazole rings is 1. The predicted molar refractivity (Wildman–Crippen MR) is 105 cm³/mol. The van der Waals surface area contributed by atoms with E-state index in [2.05, 4.69) is 15.0 Å². The van der Waals surface area contributed by atoms with Crippen LogP contribution in [0.2, 0.25) is 0 Å². The number of methoxy groups -OCH3 is 1. The van der Waals surface area contributed by atoms with E-state index >= 15 is 0 Å². The van der Waals surface area contributed by atoms with Crippen LogP contribution >= 0.6 is 0 Å². The molecule has 10 heteroatoms. The zero-order valence-electron chi connectivity index (χ0n) is 16.2. The molecule has 1 aromatic carbocycles. The lowest BCUT2D eigenvalue weighted by Gasteiger charge is -2.29. The normalized spacial score (nSPS) is 20.7. The summed E-state index contributed by atoms with van der Waals surface area (Å²) in [6.45, 7) is 1.10. The van der Waals surface area contributed by atoms with E-state index in [1.165, 1.54) is 23.5 Å². The number of nitrogens with one attached hydrogen (secondary N) is 2. The summed E-state index contributed by atoms with van der Waals surface area (Å²) in [5.74, 6) is -0.0626. The summed E-state index contributed by atoms with van der Waals surface area (Å²) in [6, 6.07) is 4.86.